The van der Waals surface area contributed by atoms with Gasteiger partial charge in [-0.2, -0.15) is 0 Å². The molecule has 0 aliphatic carbocycles. The maximum Gasteiger partial charge on any atom is 0.257 e. The molecule has 0 radical (unpaired) electrons. The fourth-order valence-corrected chi connectivity index (χ4v) is 2.04. The lowest BCUT2D eigenvalue weighted by molar-refractivity contribution is 0.102. The summed E-state index contributed by atoms with van der Waals surface area (Å²) in [4.78, 5) is 12.0. The predicted molar refractivity (Wildman–Crippen MR) is 75.2 cm³/mol. The summed E-state index contributed by atoms with van der Waals surface area (Å²) in [6, 6.07) is 8.15. The van der Waals surface area contributed by atoms with Crippen molar-refractivity contribution in [2.45, 2.75) is 0 Å². The van der Waals surface area contributed by atoms with Crippen molar-refractivity contribution in [1.29, 1.82) is 0 Å². The Labute approximate surface area is 122 Å². The van der Waals surface area contributed by atoms with Crippen LogP contribution in [-0.2, 0) is 0 Å². The van der Waals surface area contributed by atoms with Crippen molar-refractivity contribution >= 4 is 39.1 Å². The molecule has 0 heterocycles. The third-order valence-corrected chi connectivity index (χ3v) is 3.31. The third-order valence-electron chi connectivity index (χ3n) is 2.37. The number of benzene rings is 2. The van der Waals surface area contributed by atoms with E-state index in [4.69, 9.17) is 11.6 Å². The summed E-state index contributed by atoms with van der Waals surface area (Å²) in [6.45, 7) is 0. The summed E-state index contributed by atoms with van der Waals surface area (Å²) in [5, 5.41) is 12.1. The quantitative estimate of drug-likeness (QED) is 0.858. The van der Waals surface area contributed by atoms with Crippen molar-refractivity contribution in [2.75, 3.05) is 5.32 Å². The van der Waals surface area contributed by atoms with Gasteiger partial charge in [-0.1, -0.05) is 11.6 Å². The summed E-state index contributed by atoms with van der Waals surface area (Å²) in [5.74, 6) is -0.970. The highest BCUT2D eigenvalue weighted by atomic mass is 79.9. The van der Waals surface area contributed by atoms with Crippen molar-refractivity contribution in [3.63, 3.8) is 0 Å². The molecule has 2 aromatic carbocycles. The number of hydrogen-bond donors (Lipinski definition) is 2. The molecular formula is C13H8BrClFNO2. The first-order valence-electron chi connectivity index (χ1n) is 5.22. The SMILES string of the molecule is O=C(Nc1ccc(F)c(Br)c1)c1cc(O)ccc1Cl. The van der Waals surface area contributed by atoms with E-state index in [9.17, 15) is 14.3 Å². The van der Waals surface area contributed by atoms with Crippen molar-refractivity contribution in [1.82, 2.24) is 0 Å². The fourth-order valence-electron chi connectivity index (χ4n) is 1.46. The molecule has 98 valence electrons. The van der Waals surface area contributed by atoms with Gasteiger partial charge >= 0.3 is 0 Å². The molecular weight excluding hydrogens is 337 g/mol. The predicted octanol–water partition coefficient (Wildman–Crippen LogP) is 4.20. The minimum Gasteiger partial charge on any atom is -0.508 e. The number of hydrogen-bond acceptors (Lipinski definition) is 2. The maximum absolute atomic E-state index is 13.1. The Morgan fingerprint density at radius 2 is 2.00 bits per heavy atom. The minimum atomic E-state index is -0.487. The number of amides is 1. The number of halogens is 3. The number of phenolic OH excluding ortho intramolecular Hbond substituents is 1. The number of anilines is 1. The van der Waals surface area contributed by atoms with Gasteiger partial charge in [0.2, 0.25) is 0 Å². The zero-order valence-corrected chi connectivity index (χ0v) is 11.8. The first kappa shape index (κ1) is 13.8. The van der Waals surface area contributed by atoms with E-state index < -0.39 is 11.7 Å². The third kappa shape index (κ3) is 3.24. The highest BCUT2D eigenvalue weighted by Gasteiger charge is 2.12. The van der Waals surface area contributed by atoms with E-state index in [0.29, 0.717) is 5.69 Å². The van der Waals surface area contributed by atoms with Crippen molar-refractivity contribution in [2.24, 2.45) is 0 Å². The Balaban J connectivity index is 2.25. The topological polar surface area (TPSA) is 49.3 Å². The molecule has 6 heteroatoms. The Bertz CT molecular complexity index is 649. The van der Waals surface area contributed by atoms with Gasteiger partial charge in [0.15, 0.2) is 0 Å². The Morgan fingerprint density at radius 1 is 1.26 bits per heavy atom. The van der Waals surface area contributed by atoms with Gasteiger partial charge in [0.05, 0.1) is 15.1 Å². The smallest absolute Gasteiger partial charge is 0.257 e. The van der Waals surface area contributed by atoms with E-state index >= 15 is 0 Å². The molecule has 0 saturated heterocycles. The maximum atomic E-state index is 13.1. The Hall–Kier alpha value is -1.59. The van der Waals surface area contributed by atoms with Crippen LogP contribution in [0, 0.1) is 5.82 Å². The number of phenols is 1. The molecule has 3 nitrogen and oxygen atoms in total. The van der Waals surface area contributed by atoms with Gasteiger partial charge in [0.25, 0.3) is 5.91 Å². The molecule has 0 spiro atoms. The van der Waals surface area contributed by atoms with E-state index in [-0.39, 0.29) is 20.8 Å². The van der Waals surface area contributed by atoms with Crippen LogP contribution in [-0.4, -0.2) is 11.0 Å². The fraction of sp³-hybridized carbons (Fsp3) is 0. The lowest BCUT2D eigenvalue weighted by Crippen LogP contribution is -2.12. The summed E-state index contributed by atoms with van der Waals surface area (Å²) >= 11 is 8.90. The van der Waals surface area contributed by atoms with Gasteiger partial charge in [0, 0.05) is 5.69 Å². The first-order chi connectivity index (χ1) is 8.97. The number of carbonyl (C=O) groups is 1. The van der Waals surface area contributed by atoms with Crippen molar-refractivity contribution < 1.29 is 14.3 Å². The molecule has 0 saturated carbocycles. The lowest BCUT2D eigenvalue weighted by Gasteiger charge is -2.08. The normalized spacial score (nSPS) is 10.3. The molecule has 0 atom stereocenters. The molecule has 0 aromatic heterocycles. The van der Waals surface area contributed by atoms with Crippen LogP contribution in [0.25, 0.3) is 0 Å². The van der Waals surface area contributed by atoms with Crippen LogP contribution in [0.1, 0.15) is 10.4 Å². The van der Waals surface area contributed by atoms with Crippen LogP contribution >= 0.6 is 27.5 Å². The van der Waals surface area contributed by atoms with Crippen molar-refractivity contribution in [3.8, 4) is 5.75 Å². The van der Waals surface area contributed by atoms with Crippen LogP contribution in [0.5, 0.6) is 5.75 Å². The van der Waals surface area contributed by atoms with Crippen LogP contribution in [0.3, 0.4) is 0 Å². The zero-order chi connectivity index (χ0) is 14.0. The van der Waals surface area contributed by atoms with Gasteiger partial charge in [0.1, 0.15) is 11.6 Å². The highest BCUT2D eigenvalue weighted by molar-refractivity contribution is 9.10. The monoisotopic (exact) mass is 343 g/mol. The summed E-state index contributed by atoms with van der Waals surface area (Å²) < 4.78 is 13.3. The van der Waals surface area contributed by atoms with E-state index in [1.807, 2.05) is 0 Å². The highest BCUT2D eigenvalue weighted by Crippen LogP contribution is 2.24. The second-order valence-electron chi connectivity index (χ2n) is 3.75. The van der Waals surface area contributed by atoms with Crippen molar-refractivity contribution in [3.05, 3.63) is 57.3 Å². The molecule has 2 aromatic rings. The number of carbonyl (C=O) groups excluding carboxylic acids is 1. The molecule has 0 fully saturated rings. The molecule has 0 aliphatic rings. The molecule has 0 bridgehead atoms. The van der Waals surface area contributed by atoms with E-state index in [1.54, 1.807) is 0 Å². The molecule has 1 amide bonds. The van der Waals surface area contributed by atoms with E-state index in [1.165, 1.54) is 36.4 Å². The minimum absolute atomic E-state index is 0.0603. The second-order valence-corrected chi connectivity index (χ2v) is 5.01. The van der Waals surface area contributed by atoms with Gasteiger partial charge in [-0.3, -0.25) is 4.79 Å². The molecule has 2 rings (SSSR count). The van der Waals surface area contributed by atoms with Gasteiger partial charge in [-0.15, -0.1) is 0 Å². The first-order valence-corrected chi connectivity index (χ1v) is 6.39. The van der Waals surface area contributed by atoms with E-state index in [2.05, 4.69) is 21.2 Å². The molecule has 2 N–H and O–H groups in total. The average molecular weight is 345 g/mol. The summed E-state index contributed by atoms with van der Waals surface area (Å²) in [7, 11) is 0. The molecule has 19 heavy (non-hydrogen) atoms. The van der Waals surface area contributed by atoms with Crippen LogP contribution in [0.2, 0.25) is 5.02 Å². The second kappa shape index (κ2) is 5.59. The van der Waals surface area contributed by atoms with E-state index in [0.717, 1.165) is 0 Å². The molecule has 0 aliphatic heterocycles. The summed E-state index contributed by atoms with van der Waals surface area (Å²) in [5.41, 5.74) is 0.555. The number of aromatic hydroxyl groups is 1. The summed E-state index contributed by atoms with van der Waals surface area (Å²) in [6.07, 6.45) is 0. The largest absolute Gasteiger partial charge is 0.508 e. The van der Waals surface area contributed by atoms with Gasteiger partial charge < -0.3 is 10.4 Å². The standard InChI is InChI=1S/C13H8BrClFNO2/c14-10-5-7(1-4-12(10)16)17-13(19)9-6-8(18)2-3-11(9)15/h1-6,18H,(H,17,19). The van der Waals surface area contributed by atoms with Crippen LogP contribution < -0.4 is 5.32 Å². The van der Waals surface area contributed by atoms with Gasteiger partial charge in [-0.05, 0) is 52.3 Å². The zero-order valence-electron chi connectivity index (χ0n) is 9.45. The van der Waals surface area contributed by atoms with Crippen LogP contribution in [0.4, 0.5) is 10.1 Å². The number of nitrogens with one attached hydrogen (secondary N) is 1. The lowest BCUT2D eigenvalue weighted by atomic mass is 10.2. The average Bonchev–Trinajstić information content (AvgIpc) is 2.36. The Kier molecular flexibility index (Phi) is 4.07. The van der Waals surface area contributed by atoms with Crippen LogP contribution in [0.15, 0.2) is 40.9 Å². The molecule has 0 unspecified atom stereocenters. The number of rotatable bonds is 2. The Morgan fingerprint density at radius 3 is 2.68 bits per heavy atom. The van der Waals surface area contributed by atoms with Gasteiger partial charge in [-0.25, -0.2) is 4.39 Å².